The van der Waals surface area contributed by atoms with Crippen molar-refractivity contribution in [1.29, 1.82) is 0 Å². The van der Waals surface area contributed by atoms with Crippen molar-refractivity contribution in [2.45, 2.75) is 19.0 Å². The van der Waals surface area contributed by atoms with Gasteiger partial charge in [-0.3, -0.25) is 14.9 Å². The molecule has 0 amide bonds. The molecule has 0 saturated heterocycles. The average molecular weight is 339 g/mol. The van der Waals surface area contributed by atoms with Crippen LogP contribution in [0.25, 0.3) is 6.08 Å². The summed E-state index contributed by atoms with van der Waals surface area (Å²) in [5.74, 6) is 0.234. The Kier molecular flexibility index (Phi) is 5.18. The first-order valence-corrected chi connectivity index (χ1v) is 6.83. The number of hydrogen-bond donors (Lipinski definition) is 0. The summed E-state index contributed by atoms with van der Waals surface area (Å²) in [6.07, 6.45) is -0.508. The van der Waals surface area contributed by atoms with Crippen molar-refractivity contribution in [3.8, 4) is 0 Å². The van der Waals surface area contributed by atoms with Gasteiger partial charge in [0.2, 0.25) is 0 Å². The molecule has 0 radical (unpaired) electrons. The van der Waals surface area contributed by atoms with Gasteiger partial charge >= 0.3 is 6.18 Å². The summed E-state index contributed by atoms with van der Waals surface area (Å²) < 4.78 is 43.7. The maximum absolute atomic E-state index is 12.9. The molecule has 0 N–H and O–H groups in total. The van der Waals surface area contributed by atoms with E-state index in [2.05, 4.69) is 0 Å². The summed E-state index contributed by atoms with van der Waals surface area (Å²) >= 11 is 0. The van der Waals surface area contributed by atoms with Crippen LogP contribution in [0, 0.1) is 10.1 Å². The Morgan fingerprint density at radius 3 is 2.62 bits per heavy atom. The second-order valence-corrected chi connectivity index (χ2v) is 4.94. The number of hydrogen-bond acceptors (Lipinski definition) is 4. The molecule has 0 aliphatic carbocycles. The summed E-state index contributed by atoms with van der Waals surface area (Å²) in [6.45, 7) is 0. The van der Waals surface area contributed by atoms with Crippen molar-refractivity contribution in [1.82, 2.24) is 0 Å². The Hall–Kier alpha value is -2.90. The van der Waals surface area contributed by atoms with Crippen molar-refractivity contribution in [2.24, 2.45) is 0 Å². The van der Waals surface area contributed by atoms with Gasteiger partial charge in [-0.2, -0.15) is 13.2 Å². The van der Waals surface area contributed by atoms with E-state index < -0.39 is 22.4 Å². The third-order valence-corrected chi connectivity index (χ3v) is 3.14. The molecule has 126 valence electrons. The maximum Gasteiger partial charge on any atom is 0.423 e. The first-order valence-electron chi connectivity index (χ1n) is 6.83. The van der Waals surface area contributed by atoms with E-state index >= 15 is 0 Å². The van der Waals surface area contributed by atoms with Gasteiger partial charge in [-0.1, -0.05) is 12.1 Å². The molecule has 5 nitrogen and oxygen atoms in total. The minimum absolute atomic E-state index is 0.0129. The van der Waals surface area contributed by atoms with Crippen LogP contribution in [-0.2, 0) is 17.4 Å². The third kappa shape index (κ3) is 4.55. The first-order chi connectivity index (χ1) is 11.3. The number of carbonyl (C=O) groups is 1. The molecular formula is C16H12F3NO4. The normalized spacial score (nSPS) is 11.8. The quantitative estimate of drug-likeness (QED) is 0.577. The van der Waals surface area contributed by atoms with E-state index in [0.717, 1.165) is 12.1 Å². The standard InChI is InChI=1S/C16H12F3NO4/c17-16(18,19)14-10-11(6-7-15(14)20(22)23)9-12(21)3-1-4-13-5-2-8-24-13/h1-2,4-8,10H,3,9H2/b4-1+. The van der Waals surface area contributed by atoms with Crippen LogP contribution >= 0.6 is 0 Å². The summed E-state index contributed by atoms with van der Waals surface area (Å²) in [5, 5.41) is 10.7. The lowest BCUT2D eigenvalue weighted by Crippen LogP contribution is -2.10. The van der Waals surface area contributed by atoms with Gasteiger partial charge in [0.25, 0.3) is 5.69 Å². The molecule has 0 fully saturated rings. The van der Waals surface area contributed by atoms with Crippen LogP contribution in [0.5, 0.6) is 0 Å². The van der Waals surface area contributed by atoms with Crippen LogP contribution in [0.1, 0.15) is 23.3 Å². The number of nitro groups is 1. The molecule has 2 rings (SSSR count). The summed E-state index contributed by atoms with van der Waals surface area (Å²) in [7, 11) is 0. The van der Waals surface area contributed by atoms with E-state index in [1.165, 1.54) is 12.3 Å². The molecule has 0 aliphatic heterocycles. The third-order valence-electron chi connectivity index (χ3n) is 3.14. The van der Waals surface area contributed by atoms with E-state index in [-0.39, 0.29) is 24.2 Å². The van der Waals surface area contributed by atoms with Gasteiger partial charge in [0.05, 0.1) is 11.2 Å². The molecule has 8 heteroatoms. The van der Waals surface area contributed by atoms with Crippen molar-refractivity contribution in [3.63, 3.8) is 0 Å². The highest BCUT2D eigenvalue weighted by atomic mass is 19.4. The molecule has 1 aromatic heterocycles. The zero-order valence-electron chi connectivity index (χ0n) is 12.2. The summed E-state index contributed by atoms with van der Waals surface area (Å²) in [6, 6.07) is 5.93. The lowest BCUT2D eigenvalue weighted by Gasteiger charge is -2.09. The minimum Gasteiger partial charge on any atom is -0.465 e. The van der Waals surface area contributed by atoms with Crippen LogP contribution in [0.4, 0.5) is 18.9 Å². The highest BCUT2D eigenvalue weighted by molar-refractivity contribution is 5.83. The number of rotatable bonds is 6. The number of nitrogens with zero attached hydrogens (tertiary/aromatic N) is 1. The zero-order chi connectivity index (χ0) is 17.7. The molecule has 0 saturated carbocycles. The van der Waals surface area contributed by atoms with Gasteiger partial charge in [-0.25, -0.2) is 0 Å². The fourth-order valence-corrected chi connectivity index (χ4v) is 2.07. The highest BCUT2D eigenvalue weighted by Gasteiger charge is 2.38. The predicted molar refractivity (Wildman–Crippen MR) is 79.2 cm³/mol. The fourth-order valence-electron chi connectivity index (χ4n) is 2.07. The van der Waals surface area contributed by atoms with Crippen LogP contribution in [0.3, 0.4) is 0 Å². The van der Waals surface area contributed by atoms with E-state index in [1.807, 2.05) is 0 Å². The number of benzene rings is 1. The van der Waals surface area contributed by atoms with Crippen molar-refractivity contribution in [2.75, 3.05) is 0 Å². The Bertz CT molecular complexity index is 764. The van der Waals surface area contributed by atoms with Crippen LogP contribution in [-0.4, -0.2) is 10.7 Å². The molecule has 24 heavy (non-hydrogen) atoms. The first kappa shape index (κ1) is 17.5. The van der Waals surface area contributed by atoms with Gasteiger partial charge in [0.1, 0.15) is 17.1 Å². The van der Waals surface area contributed by atoms with E-state index in [9.17, 15) is 28.1 Å². The zero-order valence-corrected chi connectivity index (χ0v) is 12.2. The number of ketones is 1. The lowest BCUT2D eigenvalue weighted by atomic mass is 10.0. The monoisotopic (exact) mass is 339 g/mol. The molecule has 1 heterocycles. The van der Waals surface area contributed by atoms with Crippen molar-refractivity contribution >= 4 is 17.5 Å². The highest BCUT2D eigenvalue weighted by Crippen LogP contribution is 2.36. The number of alkyl halides is 3. The fraction of sp³-hybridized carbons (Fsp3) is 0.188. The molecule has 0 spiro atoms. The maximum atomic E-state index is 12.9. The Morgan fingerprint density at radius 1 is 1.29 bits per heavy atom. The predicted octanol–water partition coefficient (Wildman–Crippen LogP) is 4.42. The Balaban J connectivity index is 2.09. The van der Waals surface area contributed by atoms with Crippen molar-refractivity contribution in [3.05, 3.63) is 69.7 Å². The molecule has 0 atom stereocenters. The van der Waals surface area contributed by atoms with Crippen LogP contribution in [0.2, 0.25) is 0 Å². The van der Waals surface area contributed by atoms with Gasteiger partial charge in [-0.05, 0) is 29.8 Å². The van der Waals surface area contributed by atoms with Gasteiger partial charge < -0.3 is 4.42 Å². The number of Topliss-reactive ketones (excluding diaryl/α,β-unsaturated/α-hetero) is 1. The smallest absolute Gasteiger partial charge is 0.423 e. The van der Waals surface area contributed by atoms with Gasteiger partial charge in [-0.15, -0.1) is 0 Å². The second-order valence-electron chi connectivity index (χ2n) is 4.94. The summed E-state index contributed by atoms with van der Waals surface area (Å²) in [5.41, 5.74) is -2.32. The molecule has 0 bridgehead atoms. The van der Waals surface area contributed by atoms with E-state index in [4.69, 9.17) is 4.42 Å². The number of furan rings is 1. The number of allylic oxidation sites excluding steroid dienone is 1. The van der Waals surface area contributed by atoms with Gasteiger partial charge in [0, 0.05) is 18.9 Å². The van der Waals surface area contributed by atoms with E-state index in [0.29, 0.717) is 11.8 Å². The molecule has 0 aliphatic rings. The van der Waals surface area contributed by atoms with Crippen LogP contribution in [0.15, 0.2) is 47.1 Å². The van der Waals surface area contributed by atoms with Crippen molar-refractivity contribution < 1.29 is 27.3 Å². The minimum atomic E-state index is -4.86. The molecular weight excluding hydrogens is 327 g/mol. The Morgan fingerprint density at radius 2 is 2.04 bits per heavy atom. The largest absolute Gasteiger partial charge is 0.465 e. The molecule has 0 unspecified atom stereocenters. The number of nitro benzene ring substituents is 1. The molecule has 2 aromatic rings. The number of halogens is 3. The van der Waals surface area contributed by atoms with Gasteiger partial charge in [0.15, 0.2) is 0 Å². The van der Waals surface area contributed by atoms with Crippen LogP contribution < -0.4 is 0 Å². The Labute approximate surface area is 134 Å². The lowest BCUT2D eigenvalue weighted by molar-refractivity contribution is -0.388. The summed E-state index contributed by atoms with van der Waals surface area (Å²) in [4.78, 5) is 21.4. The van der Waals surface area contributed by atoms with E-state index in [1.54, 1.807) is 18.2 Å². The topological polar surface area (TPSA) is 73.3 Å². The number of carbonyl (C=O) groups excluding carboxylic acids is 1. The SMILES string of the molecule is O=C(C/C=C/c1ccco1)Cc1ccc([N+](=O)[O-])c(C(F)(F)F)c1. The average Bonchev–Trinajstić information content (AvgIpc) is 2.99. The molecule has 1 aromatic carbocycles. The second kappa shape index (κ2) is 7.12.